The topological polar surface area (TPSA) is 132 Å². The second-order valence-corrected chi connectivity index (χ2v) is 13.6. The van der Waals surface area contributed by atoms with Gasteiger partial charge in [-0.25, -0.2) is 9.78 Å². The summed E-state index contributed by atoms with van der Waals surface area (Å²) in [6.45, 7) is 6.79. The maximum absolute atomic E-state index is 13.7. The van der Waals surface area contributed by atoms with E-state index in [1.54, 1.807) is 23.2 Å². The molecule has 10 nitrogen and oxygen atoms in total. The summed E-state index contributed by atoms with van der Waals surface area (Å²) in [6.07, 6.45) is 4.46. The number of carboxylic acids is 1. The predicted octanol–water partition coefficient (Wildman–Crippen LogP) is 6.10. The summed E-state index contributed by atoms with van der Waals surface area (Å²) in [4.78, 5) is 48.7. The number of rotatable bonds is 16. The fourth-order valence-electron chi connectivity index (χ4n) is 6.23. The lowest BCUT2D eigenvalue weighted by Gasteiger charge is -2.38. The number of carboxylic acid groups (broad SMARTS) is 1. The Morgan fingerprint density at radius 2 is 1.80 bits per heavy atom. The van der Waals surface area contributed by atoms with E-state index in [4.69, 9.17) is 0 Å². The highest BCUT2D eigenvalue weighted by molar-refractivity contribution is 7.09. The van der Waals surface area contributed by atoms with Crippen LogP contribution in [0.4, 0.5) is 5.95 Å². The number of nitrogens with zero attached hydrogens (tertiary/aromatic N) is 5. The largest absolute Gasteiger partial charge is 0.480 e. The molecule has 0 saturated heterocycles. The van der Waals surface area contributed by atoms with Gasteiger partial charge in [0.15, 0.2) is 0 Å². The number of nitrogens with one attached hydrogen (secondary N) is 1. The van der Waals surface area contributed by atoms with Crippen molar-refractivity contribution in [2.45, 2.75) is 58.8 Å². The average Bonchev–Trinajstić information content (AvgIpc) is 3.80. The molecule has 2 amide bonds. The summed E-state index contributed by atoms with van der Waals surface area (Å²) in [5, 5.41) is 26.0. The first kappa shape index (κ1) is 36.0. The normalized spacial score (nSPS) is 13.0. The molecule has 5 aromatic rings. The van der Waals surface area contributed by atoms with Crippen molar-refractivity contribution in [3.05, 3.63) is 118 Å². The number of amides is 2. The van der Waals surface area contributed by atoms with Gasteiger partial charge in [0.1, 0.15) is 6.04 Å². The van der Waals surface area contributed by atoms with Crippen LogP contribution in [0, 0.1) is 17.2 Å². The number of hydrogen-bond acceptors (Lipinski definition) is 7. The number of hydrogen-bond donors (Lipinski definition) is 2. The molecule has 0 spiro atoms. The summed E-state index contributed by atoms with van der Waals surface area (Å²) in [7, 11) is 0. The minimum atomic E-state index is -1.10. The third-order valence-electron chi connectivity index (χ3n) is 9.02. The van der Waals surface area contributed by atoms with Crippen molar-refractivity contribution < 1.29 is 19.5 Å². The van der Waals surface area contributed by atoms with Crippen molar-refractivity contribution in [3.63, 3.8) is 0 Å². The second-order valence-electron chi connectivity index (χ2n) is 12.6. The molecule has 5 rings (SSSR count). The number of anilines is 1. The summed E-state index contributed by atoms with van der Waals surface area (Å²) >= 11 is 1.45. The standard InChI is InChI=1S/C39H42N6O4S/c1-4-27(2)36(45(28(3)46)39-41-18-19-44(39)23-30-16-14-29(22-40)15-17-30)25-43(24-32-11-7-10-31-9-5-6-13-34(31)32)26-37(47)42-35(38(48)49)21-33-12-8-20-50-33/h5-20,27,35-36H,4,21,23-26H2,1-3H3,(H,42,47)(H,48,49)/t27-,35?,36+/m0/s1. The van der Waals surface area contributed by atoms with Crippen LogP contribution in [0.1, 0.15) is 48.8 Å². The van der Waals surface area contributed by atoms with Gasteiger partial charge in [-0.3, -0.25) is 19.4 Å². The molecule has 11 heteroatoms. The van der Waals surface area contributed by atoms with E-state index in [0.717, 1.165) is 33.2 Å². The molecule has 0 radical (unpaired) electrons. The fraction of sp³-hybridized carbons (Fsp3) is 0.308. The maximum Gasteiger partial charge on any atom is 0.326 e. The summed E-state index contributed by atoms with van der Waals surface area (Å²) in [6, 6.07) is 25.9. The van der Waals surface area contributed by atoms with E-state index in [0.29, 0.717) is 31.1 Å². The van der Waals surface area contributed by atoms with Crippen molar-refractivity contribution in [2.24, 2.45) is 5.92 Å². The third-order valence-corrected chi connectivity index (χ3v) is 9.92. The highest BCUT2D eigenvalue weighted by Crippen LogP contribution is 2.26. The summed E-state index contributed by atoms with van der Waals surface area (Å²) in [5.41, 5.74) is 2.54. The number of aromatic nitrogens is 2. The molecule has 3 aromatic carbocycles. The van der Waals surface area contributed by atoms with Gasteiger partial charge in [0.25, 0.3) is 0 Å². The molecule has 2 aromatic heterocycles. The molecule has 258 valence electrons. The molecule has 0 aliphatic heterocycles. The number of aliphatic carboxylic acids is 1. The molecule has 1 unspecified atom stereocenters. The van der Waals surface area contributed by atoms with Crippen LogP contribution >= 0.6 is 11.3 Å². The molecular weight excluding hydrogens is 649 g/mol. The summed E-state index contributed by atoms with van der Waals surface area (Å²) in [5.74, 6) is -1.18. The lowest BCUT2D eigenvalue weighted by Crippen LogP contribution is -2.53. The molecule has 50 heavy (non-hydrogen) atoms. The number of nitriles is 1. The molecular formula is C39H42N6O4S. The predicted molar refractivity (Wildman–Crippen MR) is 196 cm³/mol. The van der Waals surface area contributed by atoms with E-state index in [9.17, 15) is 24.8 Å². The molecule has 0 bridgehead atoms. The highest BCUT2D eigenvalue weighted by atomic mass is 32.1. The Morgan fingerprint density at radius 3 is 2.48 bits per heavy atom. The van der Waals surface area contributed by atoms with E-state index in [1.165, 1.54) is 18.3 Å². The maximum atomic E-state index is 13.7. The molecule has 3 atom stereocenters. The minimum Gasteiger partial charge on any atom is -0.480 e. The van der Waals surface area contributed by atoms with Gasteiger partial charge in [-0.15, -0.1) is 11.3 Å². The Labute approximate surface area is 296 Å². The Morgan fingerprint density at radius 1 is 1.04 bits per heavy atom. The lowest BCUT2D eigenvalue weighted by molar-refractivity contribution is -0.142. The van der Waals surface area contributed by atoms with Crippen LogP contribution in [0.3, 0.4) is 0 Å². The third kappa shape index (κ3) is 9.02. The first-order valence-corrected chi connectivity index (χ1v) is 17.6. The Bertz CT molecular complexity index is 1940. The zero-order valence-electron chi connectivity index (χ0n) is 28.5. The molecule has 0 aliphatic carbocycles. The highest BCUT2D eigenvalue weighted by Gasteiger charge is 2.33. The van der Waals surface area contributed by atoms with E-state index >= 15 is 0 Å². The number of carbonyl (C=O) groups excluding carboxylic acids is 2. The Balaban J connectivity index is 1.47. The van der Waals surface area contributed by atoms with Crippen molar-refractivity contribution in [2.75, 3.05) is 18.0 Å². The second kappa shape index (κ2) is 16.9. The van der Waals surface area contributed by atoms with Gasteiger partial charge in [-0.1, -0.05) is 80.9 Å². The van der Waals surface area contributed by atoms with Crippen molar-refractivity contribution in [3.8, 4) is 6.07 Å². The quantitative estimate of drug-likeness (QED) is 0.128. The first-order chi connectivity index (χ1) is 24.2. The van der Waals surface area contributed by atoms with Gasteiger partial charge >= 0.3 is 5.97 Å². The van der Waals surface area contributed by atoms with Crippen molar-refractivity contribution in [1.29, 1.82) is 5.26 Å². The van der Waals surface area contributed by atoms with Gasteiger partial charge in [0, 0.05) is 43.7 Å². The van der Waals surface area contributed by atoms with Gasteiger partial charge in [0.05, 0.1) is 30.8 Å². The van der Waals surface area contributed by atoms with Crippen LogP contribution in [0.2, 0.25) is 0 Å². The van der Waals surface area contributed by atoms with Crippen molar-refractivity contribution >= 4 is 45.8 Å². The number of carbonyl (C=O) groups is 3. The van der Waals surface area contributed by atoms with Gasteiger partial charge in [0.2, 0.25) is 17.8 Å². The molecule has 0 fully saturated rings. The minimum absolute atomic E-state index is 0.0163. The number of thiophene rings is 1. The van der Waals surface area contributed by atoms with Crippen LogP contribution in [-0.4, -0.2) is 62.5 Å². The first-order valence-electron chi connectivity index (χ1n) is 16.7. The monoisotopic (exact) mass is 690 g/mol. The zero-order chi connectivity index (χ0) is 35.6. The molecule has 2 N–H and O–H groups in total. The van der Waals surface area contributed by atoms with Gasteiger partial charge < -0.3 is 15.0 Å². The zero-order valence-corrected chi connectivity index (χ0v) is 29.3. The number of fused-ring (bicyclic) bond motifs is 1. The van der Waals surface area contributed by atoms with E-state index < -0.39 is 17.9 Å². The smallest absolute Gasteiger partial charge is 0.326 e. The van der Waals surface area contributed by atoms with E-state index in [2.05, 4.69) is 36.3 Å². The van der Waals surface area contributed by atoms with Crippen LogP contribution in [0.5, 0.6) is 0 Å². The fourth-order valence-corrected chi connectivity index (χ4v) is 6.98. The molecule has 0 saturated carbocycles. The SMILES string of the molecule is CC[C@H](C)[C@@H](CN(CC(=O)NC(Cc1cccs1)C(=O)O)Cc1cccc2ccccc12)N(C(C)=O)c1nccn1Cc1ccc(C#N)cc1. The van der Waals surface area contributed by atoms with Crippen LogP contribution in [0.25, 0.3) is 10.8 Å². The Kier molecular flexibility index (Phi) is 12.1. The van der Waals surface area contributed by atoms with Gasteiger partial charge in [-0.05, 0) is 51.4 Å². The number of benzene rings is 3. The van der Waals surface area contributed by atoms with Crippen LogP contribution in [-0.2, 0) is 33.9 Å². The van der Waals surface area contributed by atoms with Crippen molar-refractivity contribution in [1.82, 2.24) is 19.8 Å². The Hall–Kier alpha value is -5.31. The van der Waals surface area contributed by atoms with Crippen LogP contribution < -0.4 is 10.2 Å². The lowest BCUT2D eigenvalue weighted by atomic mass is 9.96. The number of imidazole rings is 1. The molecule has 0 aliphatic rings. The van der Waals surface area contributed by atoms with Crippen LogP contribution in [0.15, 0.2) is 96.6 Å². The average molecular weight is 691 g/mol. The summed E-state index contributed by atoms with van der Waals surface area (Å²) < 4.78 is 1.92. The van der Waals surface area contributed by atoms with Gasteiger partial charge in [-0.2, -0.15) is 5.26 Å². The van der Waals surface area contributed by atoms with E-state index in [1.807, 2.05) is 81.7 Å². The molecule has 2 heterocycles. The van der Waals surface area contributed by atoms with E-state index in [-0.39, 0.29) is 30.8 Å².